The van der Waals surface area contributed by atoms with Crippen LogP contribution in [-0.4, -0.2) is 57.9 Å². The number of piperidine rings is 1. The number of carbonyl (C=O) groups is 1. The summed E-state index contributed by atoms with van der Waals surface area (Å²) >= 11 is 5.97. The Hall–Kier alpha value is -3.66. The Bertz CT molecular complexity index is 1700. The van der Waals surface area contributed by atoms with Crippen molar-refractivity contribution >= 4 is 28.6 Å². The number of aromatic carboxylic acids is 1. The van der Waals surface area contributed by atoms with Gasteiger partial charge >= 0.3 is 5.97 Å². The lowest BCUT2D eigenvalue weighted by molar-refractivity contribution is -0.0592. The third-order valence-electron chi connectivity index (χ3n) is 8.98. The number of hydrogen-bond acceptors (Lipinski definition) is 6. The van der Waals surface area contributed by atoms with Gasteiger partial charge in [0.25, 0.3) is 0 Å². The van der Waals surface area contributed by atoms with Gasteiger partial charge in [0.05, 0.1) is 35.8 Å². The van der Waals surface area contributed by atoms with Crippen LogP contribution in [-0.2, 0) is 23.4 Å². The molecule has 2 fully saturated rings. The van der Waals surface area contributed by atoms with Gasteiger partial charge in [-0.25, -0.2) is 14.2 Å². The Kier molecular flexibility index (Phi) is 7.27. The number of aromatic nitrogens is 2. The number of benzene rings is 3. The molecule has 0 spiro atoms. The molecule has 0 amide bonds. The fourth-order valence-electron chi connectivity index (χ4n) is 6.49. The maximum Gasteiger partial charge on any atom is 0.335 e. The van der Waals surface area contributed by atoms with E-state index >= 15 is 0 Å². The molecule has 1 N–H and O–H groups in total. The molecule has 3 aliphatic rings. The van der Waals surface area contributed by atoms with Crippen LogP contribution in [0.3, 0.4) is 0 Å². The van der Waals surface area contributed by atoms with Gasteiger partial charge in [0, 0.05) is 22.8 Å². The minimum absolute atomic E-state index is 0.125. The van der Waals surface area contributed by atoms with Gasteiger partial charge < -0.3 is 23.9 Å². The maximum absolute atomic E-state index is 14.8. The zero-order chi connectivity index (χ0) is 29.7. The highest BCUT2D eigenvalue weighted by Crippen LogP contribution is 2.46. The van der Waals surface area contributed by atoms with E-state index in [9.17, 15) is 14.3 Å². The minimum atomic E-state index is -0.967. The third-order valence-corrected chi connectivity index (χ3v) is 9.22. The molecule has 4 heterocycles. The van der Waals surface area contributed by atoms with Crippen LogP contribution in [0, 0.1) is 5.82 Å². The summed E-state index contributed by atoms with van der Waals surface area (Å²) in [7, 11) is 0. The molecule has 7 rings (SSSR count). The molecule has 0 aliphatic carbocycles. The first-order valence-electron chi connectivity index (χ1n) is 14.7. The molecule has 224 valence electrons. The molecule has 3 aromatic carbocycles. The number of carboxylic acids is 1. The van der Waals surface area contributed by atoms with Crippen molar-refractivity contribution in [2.75, 3.05) is 26.3 Å². The zero-order valence-corrected chi connectivity index (χ0v) is 24.6. The van der Waals surface area contributed by atoms with Crippen LogP contribution >= 0.6 is 11.6 Å². The Morgan fingerprint density at radius 1 is 1.14 bits per heavy atom. The molecule has 2 atom stereocenters. The van der Waals surface area contributed by atoms with Gasteiger partial charge in [0.2, 0.25) is 0 Å². The van der Waals surface area contributed by atoms with Gasteiger partial charge in [0.1, 0.15) is 18.2 Å². The summed E-state index contributed by atoms with van der Waals surface area (Å²) in [5, 5.41) is 9.87. The number of para-hydroxylation sites is 1. The van der Waals surface area contributed by atoms with Crippen LogP contribution in [0.1, 0.15) is 59.4 Å². The second-order valence-corrected chi connectivity index (χ2v) is 12.3. The van der Waals surface area contributed by atoms with Crippen molar-refractivity contribution < 1.29 is 28.5 Å². The lowest BCUT2D eigenvalue weighted by Crippen LogP contribution is -2.40. The monoisotopic (exact) mass is 605 g/mol. The first-order valence-corrected chi connectivity index (χ1v) is 15.1. The lowest BCUT2D eigenvalue weighted by atomic mass is 9.87. The van der Waals surface area contributed by atoms with Gasteiger partial charge in [0.15, 0.2) is 17.1 Å². The topological polar surface area (TPSA) is 86.1 Å². The number of halogens is 2. The summed E-state index contributed by atoms with van der Waals surface area (Å²) in [5.74, 6) is 1.22. The summed E-state index contributed by atoms with van der Waals surface area (Å²) < 4.78 is 35.3. The molecule has 4 aromatic rings. The minimum Gasteiger partial charge on any atom is -0.485 e. The summed E-state index contributed by atoms with van der Waals surface area (Å²) in [6, 6.07) is 15.7. The van der Waals surface area contributed by atoms with Crippen LogP contribution < -0.4 is 9.47 Å². The van der Waals surface area contributed by atoms with Crippen molar-refractivity contribution in [2.45, 2.75) is 56.9 Å². The lowest BCUT2D eigenvalue weighted by Gasteiger charge is -2.38. The molecule has 43 heavy (non-hydrogen) atoms. The van der Waals surface area contributed by atoms with Gasteiger partial charge in [-0.15, -0.1) is 0 Å². The predicted octanol–water partition coefficient (Wildman–Crippen LogP) is 6.38. The van der Waals surface area contributed by atoms with Crippen LogP contribution in [0.25, 0.3) is 11.0 Å². The summed E-state index contributed by atoms with van der Waals surface area (Å²) in [4.78, 5) is 18.9. The molecular weight excluding hydrogens is 573 g/mol. The van der Waals surface area contributed by atoms with Crippen molar-refractivity contribution in [1.82, 2.24) is 14.5 Å². The van der Waals surface area contributed by atoms with Crippen molar-refractivity contribution in [3.63, 3.8) is 0 Å². The standard InChI is InChI=1S/C33H33ClFN3O5/c1-33(25-7-6-22(34)16-26(25)35)19-42-31-24(3-2-4-29(31)43-33)20-9-12-37(13-10-20)18-30-36-27-8-5-21(32(39)40)15-28(27)38(30)17-23-11-14-41-23/h2-8,15-16,20,23H,9-14,17-19H2,1H3,(H,39,40)/t23-,33+/m0/s1. The van der Waals surface area contributed by atoms with Gasteiger partial charge in [-0.2, -0.15) is 0 Å². The van der Waals surface area contributed by atoms with Crippen LogP contribution in [0.15, 0.2) is 54.6 Å². The summed E-state index contributed by atoms with van der Waals surface area (Å²) in [5.41, 5.74) is 2.45. The highest BCUT2D eigenvalue weighted by Gasteiger charge is 2.39. The molecule has 1 aromatic heterocycles. The molecule has 0 radical (unpaired) electrons. The Morgan fingerprint density at radius 2 is 1.95 bits per heavy atom. The highest BCUT2D eigenvalue weighted by molar-refractivity contribution is 6.30. The summed E-state index contributed by atoms with van der Waals surface area (Å²) in [6.45, 7) is 5.89. The van der Waals surface area contributed by atoms with E-state index in [1.165, 1.54) is 6.07 Å². The van der Waals surface area contributed by atoms with Crippen molar-refractivity contribution in [3.8, 4) is 11.5 Å². The predicted molar refractivity (Wildman–Crippen MR) is 160 cm³/mol. The number of carboxylic acid groups (broad SMARTS) is 1. The molecule has 2 saturated heterocycles. The van der Waals surface area contributed by atoms with E-state index in [0.29, 0.717) is 35.3 Å². The fourth-order valence-corrected chi connectivity index (χ4v) is 6.65. The van der Waals surface area contributed by atoms with E-state index in [1.807, 2.05) is 19.1 Å². The zero-order valence-electron chi connectivity index (χ0n) is 23.9. The highest BCUT2D eigenvalue weighted by atomic mass is 35.5. The number of nitrogens with zero attached hydrogens (tertiary/aromatic N) is 3. The molecule has 0 saturated carbocycles. The van der Waals surface area contributed by atoms with Crippen molar-refractivity contribution in [3.05, 3.63) is 88.0 Å². The van der Waals surface area contributed by atoms with E-state index in [0.717, 1.165) is 67.1 Å². The maximum atomic E-state index is 14.8. The van der Waals surface area contributed by atoms with Crippen LogP contribution in [0.5, 0.6) is 11.5 Å². The van der Waals surface area contributed by atoms with Gasteiger partial charge in [-0.1, -0.05) is 29.8 Å². The summed E-state index contributed by atoms with van der Waals surface area (Å²) in [6.07, 6.45) is 3.00. The smallest absolute Gasteiger partial charge is 0.335 e. The molecular formula is C33H33ClFN3O5. The van der Waals surface area contributed by atoms with Gasteiger partial charge in [-0.05, 0) is 81.6 Å². The van der Waals surface area contributed by atoms with E-state index in [-0.39, 0.29) is 18.3 Å². The van der Waals surface area contributed by atoms with Crippen molar-refractivity contribution in [1.29, 1.82) is 0 Å². The van der Waals surface area contributed by atoms with Crippen molar-refractivity contribution in [2.24, 2.45) is 0 Å². The van der Waals surface area contributed by atoms with E-state index in [1.54, 1.807) is 30.3 Å². The quantitative estimate of drug-likeness (QED) is 0.261. The number of likely N-dealkylation sites (tertiary alicyclic amines) is 1. The Labute approximate surface area is 253 Å². The number of ether oxygens (including phenoxy) is 3. The molecule has 10 heteroatoms. The normalized spacial score (nSPS) is 22.4. The van der Waals surface area contributed by atoms with Crippen LogP contribution in [0.2, 0.25) is 5.02 Å². The second-order valence-electron chi connectivity index (χ2n) is 11.9. The fraction of sp³-hybridized carbons (Fsp3) is 0.394. The van der Waals surface area contributed by atoms with E-state index in [4.69, 9.17) is 30.8 Å². The van der Waals surface area contributed by atoms with Gasteiger partial charge in [-0.3, -0.25) is 4.90 Å². The number of imidazole rings is 1. The Morgan fingerprint density at radius 3 is 2.67 bits per heavy atom. The van der Waals surface area contributed by atoms with Crippen LogP contribution in [0.4, 0.5) is 4.39 Å². The van der Waals surface area contributed by atoms with E-state index in [2.05, 4.69) is 15.5 Å². The SMILES string of the molecule is C[C@]1(c2ccc(Cl)cc2F)COc2c(cccc2C2CCN(Cc3nc4ccc(C(=O)O)cc4n3C[C@@H]3CCO3)CC2)O1. The number of rotatable bonds is 7. The molecule has 0 unspecified atom stereocenters. The molecule has 0 bridgehead atoms. The first-order chi connectivity index (χ1) is 20.8. The number of hydrogen-bond donors (Lipinski definition) is 1. The second kappa shape index (κ2) is 11.1. The molecule has 8 nitrogen and oxygen atoms in total. The third kappa shape index (κ3) is 5.34. The number of fused-ring (bicyclic) bond motifs is 2. The average Bonchev–Trinajstić information content (AvgIpc) is 3.30. The largest absolute Gasteiger partial charge is 0.485 e. The average molecular weight is 606 g/mol. The Balaban J connectivity index is 1.07. The first kappa shape index (κ1) is 28.1. The molecule has 3 aliphatic heterocycles. The van der Waals surface area contributed by atoms with E-state index < -0.39 is 17.4 Å².